The molecule has 5 nitrogen and oxygen atoms in total. The second kappa shape index (κ2) is 15.4. The van der Waals surface area contributed by atoms with E-state index in [4.69, 9.17) is 19.4 Å². The van der Waals surface area contributed by atoms with E-state index in [0.717, 1.165) is 88.7 Å². The van der Waals surface area contributed by atoms with Crippen LogP contribution in [-0.4, -0.2) is 19.5 Å². The van der Waals surface area contributed by atoms with Gasteiger partial charge in [0.25, 0.3) is 0 Å². The lowest BCUT2D eigenvalue weighted by atomic mass is 9.98. The highest BCUT2D eigenvalue weighted by Gasteiger charge is 2.23. The summed E-state index contributed by atoms with van der Waals surface area (Å²) < 4.78 is 9.32. The van der Waals surface area contributed by atoms with Gasteiger partial charge in [-0.1, -0.05) is 182 Å². The molecule has 13 rings (SSSR count). The number of fused-ring (bicyclic) bond motifs is 7. The molecular formula is C61H38N4O. The fourth-order valence-corrected chi connectivity index (χ4v) is 9.69. The fourth-order valence-electron chi connectivity index (χ4n) is 9.69. The highest BCUT2D eigenvalue weighted by Crippen LogP contribution is 2.44. The van der Waals surface area contributed by atoms with E-state index >= 15 is 0 Å². The fraction of sp³-hybridized carbons (Fsp3) is 0. The molecule has 0 amide bonds. The second-order valence-corrected chi connectivity index (χ2v) is 16.8. The summed E-state index contributed by atoms with van der Waals surface area (Å²) in [7, 11) is 0. The van der Waals surface area contributed by atoms with Gasteiger partial charge in [0.15, 0.2) is 17.5 Å². The maximum Gasteiger partial charge on any atom is 0.164 e. The van der Waals surface area contributed by atoms with Crippen LogP contribution in [0.3, 0.4) is 0 Å². The van der Waals surface area contributed by atoms with Gasteiger partial charge in [0.1, 0.15) is 11.2 Å². The summed E-state index contributed by atoms with van der Waals surface area (Å²) in [5.74, 6) is 1.75. The van der Waals surface area contributed by atoms with E-state index < -0.39 is 0 Å². The lowest BCUT2D eigenvalue weighted by molar-refractivity contribution is 0.668. The molecule has 13 aromatic rings. The minimum absolute atomic E-state index is 0.568. The van der Waals surface area contributed by atoms with Crippen LogP contribution >= 0.6 is 0 Å². The zero-order chi connectivity index (χ0) is 43.6. The van der Waals surface area contributed by atoms with Crippen molar-refractivity contribution >= 4 is 54.5 Å². The van der Waals surface area contributed by atoms with Crippen LogP contribution in [0.25, 0.3) is 128 Å². The van der Waals surface area contributed by atoms with E-state index in [1.807, 2.05) is 24.3 Å². The lowest BCUT2D eigenvalue weighted by Crippen LogP contribution is -2.01. The van der Waals surface area contributed by atoms with E-state index in [2.05, 4.69) is 211 Å². The van der Waals surface area contributed by atoms with Crippen molar-refractivity contribution in [3.63, 3.8) is 0 Å². The highest BCUT2D eigenvalue weighted by molar-refractivity contribution is 6.16. The van der Waals surface area contributed by atoms with Crippen LogP contribution in [0.5, 0.6) is 0 Å². The van der Waals surface area contributed by atoms with Crippen LogP contribution < -0.4 is 0 Å². The van der Waals surface area contributed by atoms with E-state index in [9.17, 15) is 0 Å². The average Bonchev–Trinajstić information content (AvgIpc) is 3.93. The van der Waals surface area contributed by atoms with Crippen molar-refractivity contribution in [2.75, 3.05) is 0 Å². The normalized spacial score (nSPS) is 11.6. The molecule has 0 aliphatic carbocycles. The quantitative estimate of drug-likeness (QED) is 0.160. The number of furan rings is 1. The predicted molar refractivity (Wildman–Crippen MR) is 272 cm³/mol. The van der Waals surface area contributed by atoms with E-state index in [0.29, 0.717) is 17.5 Å². The maximum absolute atomic E-state index is 6.91. The third kappa shape index (κ3) is 6.36. The lowest BCUT2D eigenvalue weighted by Gasteiger charge is -2.15. The Labute approximate surface area is 380 Å². The summed E-state index contributed by atoms with van der Waals surface area (Å²) >= 11 is 0. The van der Waals surface area contributed by atoms with Crippen LogP contribution in [-0.2, 0) is 0 Å². The molecule has 3 aromatic heterocycles. The average molecular weight is 843 g/mol. The Morgan fingerprint density at radius 1 is 0.303 bits per heavy atom. The number of benzene rings is 10. The molecule has 308 valence electrons. The minimum Gasteiger partial charge on any atom is -0.456 e. The van der Waals surface area contributed by atoms with Crippen LogP contribution in [0.2, 0.25) is 0 Å². The van der Waals surface area contributed by atoms with Crippen molar-refractivity contribution in [2.24, 2.45) is 0 Å². The van der Waals surface area contributed by atoms with Crippen molar-refractivity contribution in [3.05, 3.63) is 231 Å². The van der Waals surface area contributed by atoms with Crippen molar-refractivity contribution in [1.29, 1.82) is 0 Å². The Balaban J connectivity index is 1.06. The first-order valence-corrected chi connectivity index (χ1v) is 22.3. The number of para-hydroxylation sites is 1. The summed E-state index contributed by atoms with van der Waals surface area (Å²) in [6, 6.07) is 81.0. The Morgan fingerprint density at radius 3 is 1.50 bits per heavy atom. The molecule has 0 aliphatic heterocycles. The van der Waals surface area contributed by atoms with E-state index in [1.165, 1.54) is 21.5 Å². The van der Waals surface area contributed by atoms with Gasteiger partial charge in [0.05, 0.1) is 16.7 Å². The molecule has 10 aromatic carbocycles. The van der Waals surface area contributed by atoms with Gasteiger partial charge >= 0.3 is 0 Å². The summed E-state index contributed by atoms with van der Waals surface area (Å²) in [5, 5.41) is 6.75. The Kier molecular flexibility index (Phi) is 8.78. The molecule has 0 radical (unpaired) electrons. The van der Waals surface area contributed by atoms with Gasteiger partial charge in [-0.05, 0) is 81.1 Å². The number of aromatic nitrogens is 4. The van der Waals surface area contributed by atoms with Crippen LogP contribution in [0.15, 0.2) is 235 Å². The van der Waals surface area contributed by atoms with E-state index in [1.54, 1.807) is 0 Å². The molecule has 66 heavy (non-hydrogen) atoms. The summed E-state index contributed by atoms with van der Waals surface area (Å²) in [6.45, 7) is 0. The number of rotatable bonds is 7. The highest BCUT2D eigenvalue weighted by atomic mass is 16.3. The SMILES string of the molecule is c1ccc(-c2cccc(-c3nc(-c4cccc(-c5ccccc5)c4)nc(-c4cccc5oc6cc(-n7c8ccccc8c8cc9ccccc9cc87)c(-c7ccccc7)cc6c45)n3)c2)cc1. The third-order valence-electron chi connectivity index (χ3n) is 12.8. The number of hydrogen-bond acceptors (Lipinski definition) is 4. The molecule has 0 bridgehead atoms. The van der Waals surface area contributed by atoms with Gasteiger partial charge in [0, 0.05) is 49.9 Å². The zero-order valence-electron chi connectivity index (χ0n) is 35.6. The molecular weight excluding hydrogens is 805 g/mol. The monoisotopic (exact) mass is 842 g/mol. The molecule has 0 N–H and O–H groups in total. The molecule has 0 spiro atoms. The minimum atomic E-state index is 0.568. The first-order chi connectivity index (χ1) is 32.7. The van der Waals surface area contributed by atoms with E-state index in [-0.39, 0.29) is 0 Å². The predicted octanol–water partition coefficient (Wildman–Crippen LogP) is 16.0. The Bertz CT molecular complexity index is 3880. The second-order valence-electron chi connectivity index (χ2n) is 16.8. The summed E-state index contributed by atoms with van der Waals surface area (Å²) in [4.78, 5) is 15.8. The van der Waals surface area contributed by atoms with Gasteiger partial charge in [0.2, 0.25) is 0 Å². The first-order valence-electron chi connectivity index (χ1n) is 22.3. The van der Waals surface area contributed by atoms with Gasteiger partial charge in [-0.25, -0.2) is 15.0 Å². The summed E-state index contributed by atoms with van der Waals surface area (Å²) in [6.07, 6.45) is 0. The molecule has 0 saturated heterocycles. The van der Waals surface area contributed by atoms with Gasteiger partial charge < -0.3 is 8.98 Å². The molecule has 3 heterocycles. The molecule has 0 saturated carbocycles. The zero-order valence-corrected chi connectivity index (χ0v) is 35.6. The van der Waals surface area contributed by atoms with Crippen LogP contribution in [0, 0.1) is 0 Å². The standard InChI is InChI=1S/C61H38N4O/c1-4-17-39(18-5-1)42-25-14-27-46(33-42)59-62-60(47-28-15-26-43(34-47)40-19-6-2-7-20-40)64-61(63-59)49-30-16-32-56-58(49)52-37-50(41-21-8-3-9-22-41)55(38-57(52)66-56)65-53-31-13-12-29-48(53)51-35-44-23-10-11-24-45(44)36-54(51)65/h1-38H. The van der Waals surface area contributed by atoms with Crippen molar-refractivity contribution in [1.82, 2.24) is 19.5 Å². The first kappa shape index (κ1) is 37.6. The van der Waals surface area contributed by atoms with Crippen molar-refractivity contribution in [3.8, 4) is 73.2 Å². The molecule has 0 fully saturated rings. The maximum atomic E-state index is 6.91. The number of hydrogen-bond donors (Lipinski definition) is 0. The molecule has 0 aliphatic rings. The largest absolute Gasteiger partial charge is 0.456 e. The molecule has 0 unspecified atom stereocenters. The van der Waals surface area contributed by atoms with Gasteiger partial charge in [-0.15, -0.1) is 0 Å². The van der Waals surface area contributed by atoms with Crippen molar-refractivity contribution < 1.29 is 4.42 Å². The van der Waals surface area contributed by atoms with Gasteiger partial charge in [-0.3, -0.25) is 0 Å². The van der Waals surface area contributed by atoms with Crippen molar-refractivity contribution in [2.45, 2.75) is 0 Å². The Morgan fingerprint density at radius 2 is 0.833 bits per heavy atom. The number of nitrogens with zero attached hydrogens (tertiary/aromatic N) is 4. The smallest absolute Gasteiger partial charge is 0.164 e. The molecule has 5 heteroatoms. The Hall–Kier alpha value is -8.93. The summed E-state index contributed by atoms with van der Waals surface area (Å²) in [5.41, 5.74) is 14.1. The molecule has 0 atom stereocenters. The van der Waals surface area contributed by atoms with Crippen LogP contribution in [0.4, 0.5) is 0 Å². The topological polar surface area (TPSA) is 56.7 Å². The third-order valence-corrected chi connectivity index (χ3v) is 12.8. The van der Waals surface area contributed by atoms with Crippen LogP contribution in [0.1, 0.15) is 0 Å². The van der Waals surface area contributed by atoms with Gasteiger partial charge in [-0.2, -0.15) is 0 Å².